The van der Waals surface area contributed by atoms with Crippen LogP contribution in [0.25, 0.3) is 0 Å². The molecule has 1 aromatic rings. The van der Waals surface area contributed by atoms with Crippen molar-refractivity contribution in [2.45, 2.75) is 32.4 Å². The van der Waals surface area contributed by atoms with Crippen molar-refractivity contribution in [1.29, 1.82) is 0 Å². The molecule has 1 saturated heterocycles. The van der Waals surface area contributed by atoms with Gasteiger partial charge in [-0.05, 0) is 23.3 Å². The van der Waals surface area contributed by atoms with Gasteiger partial charge in [-0.3, -0.25) is 0 Å². The van der Waals surface area contributed by atoms with Crippen molar-refractivity contribution in [2.24, 2.45) is 5.92 Å². The highest BCUT2D eigenvalue weighted by molar-refractivity contribution is 5.10. The molecule has 0 saturated carbocycles. The maximum absolute atomic E-state index is 5.59. The maximum atomic E-state index is 5.59. The molecule has 2 N–H and O–H groups in total. The smallest absolute Gasteiger partial charge is 0.240 e. The molecule has 1 fully saturated rings. The standard InChI is InChI=1S/C8H15N5O/c1-2-7-6(3-4-14-7)5-13-8(9)10-11-12-13/h6-7H,2-5H2,1H3,(H2,9,10,12). The first-order valence-corrected chi connectivity index (χ1v) is 4.94. The lowest BCUT2D eigenvalue weighted by molar-refractivity contribution is 0.0826. The van der Waals surface area contributed by atoms with Gasteiger partial charge in [0.15, 0.2) is 0 Å². The Bertz CT molecular complexity index is 300. The van der Waals surface area contributed by atoms with E-state index in [1.165, 1.54) is 0 Å². The van der Waals surface area contributed by atoms with Gasteiger partial charge < -0.3 is 10.5 Å². The minimum absolute atomic E-state index is 0.332. The van der Waals surface area contributed by atoms with E-state index in [0.717, 1.165) is 26.0 Å². The fraction of sp³-hybridized carbons (Fsp3) is 0.875. The van der Waals surface area contributed by atoms with E-state index < -0.39 is 0 Å². The van der Waals surface area contributed by atoms with Gasteiger partial charge in [-0.1, -0.05) is 12.0 Å². The van der Waals surface area contributed by atoms with Crippen molar-refractivity contribution in [3.63, 3.8) is 0 Å². The van der Waals surface area contributed by atoms with Crippen molar-refractivity contribution in [2.75, 3.05) is 12.3 Å². The highest BCUT2D eigenvalue weighted by Crippen LogP contribution is 2.24. The molecule has 1 aliphatic rings. The first-order valence-electron chi connectivity index (χ1n) is 4.94. The van der Waals surface area contributed by atoms with Crippen LogP contribution in [0.3, 0.4) is 0 Å². The van der Waals surface area contributed by atoms with E-state index in [1.54, 1.807) is 4.68 Å². The Morgan fingerprint density at radius 1 is 1.64 bits per heavy atom. The number of nitrogens with two attached hydrogens (primary N) is 1. The molecule has 14 heavy (non-hydrogen) atoms. The molecule has 2 atom stereocenters. The summed E-state index contributed by atoms with van der Waals surface area (Å²) in [5.41, 5.74) is 5.59. The molecular weight excluding hydrogens is 182 g/mol. The van der Waals surface area contributed by atoms with Crippen LogP contribution in [0.5, 0.6) is 0 Å². The van der Waals surface area contributed by atoms with Crippen LogP contribution in [0.1, 0.15) is 19.8 Å². The fourth-order valence-corrected chi connectivity index (χ4v) is 1.92. The molecule has 0 amide bonds. The number of aromatic nitrogens is 4. The van der Waals surface area contributed by atoms with Gasteiger partial charge in [-0.2, -0.15) is 0 Å². The number of nitrogen functional groups attached to an aromatic ring is 1. The second-order valence-electron chi connectivity index (χ2n) is 3.59. The molecule has 1 aliphatic heterocycles. The van der Waals surface area contributed by atoms with Crippen molar-refractivity contribution in [3.8, 4) is 0 Å². The van der Waals surface area contributed by atoms with Crippen LogP contribution in [-0.4, -0.2) is 32.9 Å². The van der Waals surface area contributed by atoms with Crippen LogP contribution in [-0.2, 0) is 11.3 Å². The summed E-state index contributed by atoms with van der Waals surface area (Å²) >= 11 is 0. The average Bonchev–Trinajstić information content (AvgIpc) is 2.77. The molecule has 2 unspecified atom stereocenters. The fourth-order valence-electron chi connectivity index (χ4n) is 1.92. The summed E-state index contributed by atoms with van der Waals surface area (Å²) in [5.74, 6) is 0.873. The topological polar surface area (TPSA) is 78.8 Å². The van der Waals surface area contributed by atoms with Gasteiger partial charge in [0.25, 0.3) is 0 Å². The summed E-state index contributed by atoms with van der Waals surface area (Å²) in [5, 5.41) is 11.0. The monoisotopic (exact) mass is 197 g/mol. The van der Waals surface area contributed by atoms with Gasteiger partial charge in [0.1, 0.15) is 0 Å². The first kappa shape index (κ1) is 9.39. The number of hydrogen-bond acceptors (Lipinski definition) is 5. The molecule has 0 aliphatic carbocycles. The van der Waals surface area contributed by atoms with Gasteiger partial charge in [-0.15, -0.1) is 0 Å². The Morgan fingerprint density at radius 3 is 3.14 bits per heavy atom. The van der Waals surface area contributed by atoms with Crippen molar-refractivity contribution >= 4 is 5.95 Å². The second-order valence-corrected chi connectivity index (χ2v) is 3.59. The minimum Gasteiger partial charge on any atom is -0.378 e. The summed E-state index contributed by atoms with van der Waals surface area (Å²) in [6.07, 6.45) is 2.43. The predicted octanol–water partition coefficient (Wildman–Crippen LogP) is 0.0704. The number of hydrogen-bond donors (Lipinski definition) is 1. The van der Waals surface area contributed by atoms with E-state index in [9.17, 15) is 0 Å². The number of rotatable bonds is 3. The predicted molar refractivity (Wildman–Crippen MR) is 50.4 cm³/mol. The highest BCUT2D eigenvalue weighted by Gasteiger charge is 2.27. The Labute approximate surface area is 82.4 Å². The summed E-state index contributed by atoms with van der Waals surface area (Å²) in [4.78, 5) is 0. The van der Waals surface area contributed by atoms with Crippen LogP contribution in [0.15, 0.2) is 0 Å². The molecule has 2 heterocycles. The molecule has 1 aromatic heterocycles. The highest BCUT2D eigenvalue weighted by atomic mass is 16.5. The van der Waals surface area contributed by atoms with E-state index in [4.69, 9.17) is 10.5 Å². The molecule has 2 rings (SSSR count). The van der Waals surface area contributed by atoms with Gasteiger partial charge in [0.05, 0.1) is 12.6 Å². The third-order valence-electron chi connectivity index (χ3n) is 2.72. The lowest BCUT2D eigenvalue weighted by atomic mass is 10.00. The van der Waals surface area contributed by atoms with Crippen LogP contribution < -0.4 is 5.73 Å². The number of tetrazole rings is 1. The number of nitrogens with zero attached hydrogens (tertiary/aromatic N) is 4. The zero-order chi connectivity index (χ0) is 9.97. The molecule has 6 nitrogen and oxygen atoms in total. The Hall–Kier alpha value is -1.17. The number of ether oxygens (including phenoxy) is 1. The minimum atomic E-state index is 0.332. The Balaban J connectivity index is 2.00. The third-order valence-corrected chi connectivity index (χ3v) is 2.72. The summed E-state index contributed by atoms with van der Waals surface area (Å²) < 4.78 is 7.22. The van der Waals surface area contributed by atoms with E-state index in [2.05, 4.69) is 22.4 Å². The third kappa shape index (κ3) is 1.70. The van der Waals surface area contributed by atoms with Crippen molar-refractivity contribution in [1.82, 2.24) is 20.2 Å². The molecule has 0 radical (unpaired) electrons. The van der Waals surface area contributed by atoms with Crippen LogP contribution in [0.2, 0.25) is 0 Å². The Kier molecular flexibility index (Phi) is 2.62. The van der Waals surface area contributed by atoms with E-state index in [0.29, 0.717) is 18.0 Å². The summed E-state index contributed by atoms with van der Waals surface area (Å²) in [7, 11) is 0. The summed E-state index contributed by atoms with van der Waals surface area (Å²) in [6, 6.07) is 0. The molecule has 78 valence electrons. The lowest BCUT2D eigenvalue weighted by Gasteiger charge is -2.16. The molecule has 0 bridgehead atoms. The quantitative estimate of drug-likeness (QED) is 0.741. The number of anilines is 1. The van der Waals surface area contributed by atoms with Crippen LogP contribution in [0.4, 0.5) is 5.95 Å². The van der Waals surface area contributed by atoms with Crippen LogP contribution in [0, 0.1) is 5.92 Å². The largest absolute Gasteiger partial charge is 0.378 e. The lowest BCUT2D eigenvalue weighted by Crippen LogP contribution is -2.21. The van der Waals surface area contributed by atoms with Gasteiger partial charge in [0.2, 0.25) is 5.95 Å². The molecular formula is C8H15N5O. The molecule has 0 spiro atoms. The zero-order valence-electron chi connectivity index (χ0n) is 8.26. The molecule has 6 heteroatoms. The first-order chi connectivity index (χ1) is 6.81. The zero-order valence-corrected chi connectivity index (χ0v) is 8.26. The molecule has 0 aromatic carbocycles. The van der Waals surface area contributed by atoms with Crippen molar-refractivity contribution in [3.05, 3.63) is 0 Å². The second kappa shape index (κ2) is 3.91. The van der Waals surface area contributed by atoms with Gasteiger partial charge >= 0.3 is 0 Å². The van der Waals surface area contributed by atoms with E-state index >= 15 is 0 Å². The summed E-state index contributed by atoms with van der Waals surface area (Å²) in [6.45, 7) is 3.73. The van der Waals surface area contributed by atoms with Crippen molar-refractivity contribution < 1.29 is 4.74 Å². The normalized spacial score (nSPS) is 26.9. The SMILES string of the molecule is CCC1OCCC1Cn1nnnc1N. The van der Waals surface area contributed by atoms with E-state index in [-0.39, 0.29) is 0 Å². The van der Waals surface area contributed by atoms with Gasteiger partial charge in [0, 0.05) is 12.5 Å². The van der Waals surface area contributed by atoms with Gasteiger partial charge in [-0.25, -0.2) is 4.68 Å². The maximum Gasteiger partial charge on any atom is 0.240 e. The average molecular weight is 197 g/mol. The van der Waals surface area contributed by atoms with E-state index in [1.807, 2.05) is 0 Å². The Morgan fingerprint density at radius 2 is 2.50 bits per heavy atom. The van der Waals surface area contributed by atoms with Crippen LogP contribution >= 0.6 is 0 Å².